The Bertz CT molecular complexity index is 1120. The summed E-state index contributed by atoms with van der Waals surface area (Å²) >= 11 is 0. The number of hydrogen-bond donors (Lipinski definition) is 0. The molecular weight excluding hydrogens is 424 g/mol. The standard InChI is InChI=1S/C21H28N2O5S2/c1-15-11-19(28-4)20(12-16(15)2)30(26,27)21-14-29(24,25)13-18(21)23(3)10-7-17-5-8-22-9-6-17/h5-6,8-9,11-12,18,21H,7,10,13-14H2,1-4H3/t18-,21-/m0/s1. The lowest BCUT2D eigenvalue weighted by molar-refractivity contribution is 0.266. The van der Waals surface area contributed by atoms with Crippen LogP contribution in [0, 0.1) is 13.8 Å². The molecule has 9 heteroatoms. The Morgan fingerprint density at radius 2 is 1.77 bits per heavy atom. The van der Waals surface area contributed by atoms with E-state index in [-0.39, 0.29) is 22.2 Å². The number of hydrogen-bond acceptors (Lipinski definition) is 7. The first-order valence-corrected chi connectivity index (χ1v) is 13.1. The number of aromatic nitrogens is 1. The maximum absolute atomic E-state index is 13.6. The Balaban J connectivity index is 1.93. The number of pyridine rings is 1. The Hall–Kier alpha value is -1.97. The normalized spacial score (nSPS) is 21.1. The highest BCUT2D eigenvalue weighted by molar-refractivity contribution is 7.96. The molecule has 1 aliphatic rings. The lowest BCUT2D eigenvalue weighted by atomic mass is 10.1. The van der Waals surface area contributed by atoms with Gasteiger partial charge in [0.05, 0.1) is 23.9 Å². The first-order chi connectivity index (χ1) is 14.0. The van der Waals surface area contributed by atoms with Gasteiger partial charge in [-0.25, -0.2) is 16.8 Å². The van der Waals surface area contributed by atoms with Gasteiger partial charge in [0.25, 0.3) is 0 Å². The fourth-order valence-corrected chi connectivity index (χ4v) is 8.97. The Morgan fingerprint density at radius 3 is 2.40 bits per heavy atom. The van der Waals surface area contributed by atoms with Gasteiger partial charge < -0.3 is 9.64 Å². The molecule has 2 aromatic rings. The predicted octanol–water partition coefficient (Wildman–Crippen LogP) is 1.82. The molecule has 0 radical (unpaired) electrons. The maximum Gasteiger partial charge on any atom is 0.187 e. The third kappa shape index (κ3) is 4.68. The van der Waals surface area contributed by atoms with E-state index in [9.17, 15) is 16.8 Å². The summed E-state index contributed by atoms with van der Waals surface area (Å²) in [6.07, 6.45) is 4.08. The van der Waals surface area contributed by atoms with Crippen LogP contribution in [0.1, 0.15) is 16.7 Å². The first kappa shape index (κ1) is 22.7. The van der Waals surface area contributed by atoms with Crippen LogP contribution in [0.3, 0.4) is 0 Å². The average Bonchev–Trinajstić information content (AvgIpc) is 3.05. The summed E-state index contributed by atoms with van der Waals surface area (Å²) in [6, 6.07) is 6.45. The van der Waals surface area contributed by atoms with E-state index in [1.54, 1.807) is 31.6 Å². The van der Waals surface area contributed by atoms with Gasteiger partial charge in [-0.3, -0.25) is 4.98 Å². The van der Waals surface area contributed by atoms with Crippen molar-refractivity contribution in [1.29, 1.82) is 0 Å². The number of likely N-dealkylation sites (N-methyl/N-ethyl adjacent to an activating group) is 1. The molecule has 0 unspecified atom stereocenters. The molecule has 1 aromatic heterocycles. The highest BCUT2D eigenvalue weighted by atomic mass is 32.2. The molecule has 30 heavy (non-hydrogen) atoms. The summed E-state index contributed by atoms with van der Waals surface area (Å²) in [5, 5.41) is -1.04. The zero-order valence-electron chi connectivity index (χ0n) is 17.7. The maximum atomic E-state index is 13.6. The van der Waals surface area contributed by atoms with Crippen molar-refractivity contribution in [2.45, 2.75) is 36.5 Å². The number of aryl methyl sites for hydroxylation is 2. The summed E-state index contributed by atoms with van der Waals surface area (Å²) in [6.45, 7) is 4.25. The monoisotopic (exact) mass is 452 g/mol. The molecule has 2 heterocycles. The number of nitrogens with zero attached hydrogens (tertiary/aromatic N) is 2. The molecule has 1 aromatic carbocycles. The minimum atomic E-state index is -3.92. The smallest absolute Gasteiger partial charge is 0.187 e. The number of methoxy groups -OCH3 is 1. The minimum Gasteiger partial charge on any atom is -0.495 e. The molecule has 164 valence electrons. The highest BCUT2D eigenvalue weighted by Gasteiger charge is 2.48. The van der Waals surface area contributed by atoms with Crippen LogP contribution in [-0.2, 0) is 26.1 Å². The molecule has 7 nitrogen and oxygen atoms in total. The molecule has 0 spiro atoms. The van der Waals surface area contributed by atoms with Gasteiger partial charge in [-0.1, -0.05) is 0 Å². The first-order valence-electron chi connectivity index (χ1n) is 9.74. The molecule has 0 amide bonds. The quantitative estimate of drug-likeness (QED) is 0.632. The Morgan fingerprint density at radius 1 is 1.13 bits per heavy atom. The van der Waals surface area contributed by atoms with Crippen LogP contribution < -0.4 is 4.74 Å². The van der Waals surface area contributed by atoms with E-state index in [0.717, 1.165) is 16.7 Å². The van der Waals surface area contributed by atoms with Gasteiger partial charge >= 0.3 is 0 Å². The van der Waals surface area contributed by atoms with Gasteiger partial charge in [-0.05, 0) is 68.3 Å². The van der Waals surface area contributed by atoms with Crippen LogP contribution in [0.4, 0.5) is 0 Å². The summed E-state index contributed by atoms with van der Waals surface area (Å²) in [7, 11) is -4.19. The molecule has 3 rings (SSSR count). The van der Waals surface area contributed by atoms with Crippen molar-refractivity contribution in [3.05, 3.63) is 53.3 Å². The lowest BCUT2D eigenvalue weighted by Gasteiger charge is -2.28. The van der Waals surface area contributed by atoms with Crippen LogP contribution in [0.25, 0.3) is 0 Å². The van der Waals surface area contributed by atoms with E-state index in [1.165, 1.54) is 7.11 Å². The minimum absolute atomic E-state index is 0.0581. The fraction of sp³-hybridized carbons (Fsp3) is 0.476. The SMILES string of the molecule is COc1cc(C)c(C)cc1S(=O)(=O)[C@H]1CS(=O)(=O)C[C@@H]1N(C)CCc1ccncc1. The molecule has 1 fully saturated rings. The predicted molar refractivity (Wildman–Crippen MR) is 116 cm³/mol. The third-order valence-corrected chi connectivity index (χ3v) is 9.96. The second kappa shape index (κ2) is 8.64. The number of ether oxygens (including phenoxy) is 1. The number of rotatable bonds is 7. The van der Waals surface area contributed by atoms with Gasteiger partial charge in [0.2, 0.25) is 0 Å². The molecule has 0 aliphatic carbocycles. The zero-order chi connectivity index (χ0) is 22.1. The van der Waals surface area contributed by atoms with E-state index < -0.39 is 31.0 Å². The van der Waals surface area contributed by atoms with Gasteiger partial charge in [0, 0.05) is 25.0 Å². The van der Waals surface area contributed by atoms with Gasteiger partial charge in [-0.15, -0.1) is 0 Å². The summed E-state index contributed by atoms with van der Waals surface area (Å²) in [5.74, 6) is -0.298. The van der Waals surface area contributed by atoms with Gasteiger partial charge in [-0.2, -0.15) is 0 Å². The third-order valence-electron chi connectivity index (χ3n) is 5.83. The van der Waals surface area contributed by atoms with Crippen LogP contribution in [0.5, 0.6) is 5.75 Å². The Kier molecular flexibility index (Phi) is 6.54. The highest BCUT2D eigenvalue weighted by Crippen LogP contribution is 2.35. The molecule has 0 bridgehead atoms. The van der Waals surface area contributed by atoms with Crippen LogP contribution in [0.2, 0.25) is 0 Å². The van der Waals surface area contributed by atoms with Crippen molar-refractivity contribution in [1.82, 2.24) is 9.88 Å². The molecule has 0 N–H and O–H groups in total. The van der Waals surface area contributed by atoms with Crippen molar-refractivity contribution in [3.63, 3.8) is 0 Å². The molecule has 0 saturated carbocycles. The van der Waals surface area contributed by atoms with Gasteiger partial charge in [0.15, 0.2) is 19.7 Å². The molecule has 2 atom stereocenters. The zero-order valence-corrected chi connectivity index (χ0v) is 19.3. The number of sulfone groups is 2. The molecule has 1 saturated heterocycles. The molecular formula is C21H28N2O5S2. The second-order valence-corrected chi connectivity index (χ2v) is 12.2. The van der Waals surface area contributed by atoms with E-state index in [0.29, 0.717) is 13.0 Å². The largest absolute Gasteiger partial charge is 0.495 e. The fourth-order valence-electron chi connectivity index (χ4n) is 3.83. The van der Waals surface area contributed by atoms with Gasteiger partial charge in [0.1, 0.15) is 10.6 Å². The topological polar surface area (TPSA) is 93.6 Å². The average molecular weight is 453 g/mol. The summed E-state index contributed by atoms with van der Waals surface area (Å²) in [5.41, 5.74) is 2.79. The van der Waals surface area contributed by atoms with Crippen molar-refractivity contribution in [2.24, 2.45) is 0 Å². The van der Waals surface area contributed by atoms with Crippen LogP contribution in [-0.4, -0.2) is 70.2 Å². The van der Waals surface area contributed by atoms with Crippen molar-refractivity contribution >= 4 is 19.7 Å². The Labute approximate surface area is 178 Å². The van der Waals surface area contributed by atoms with Crippen LogP contribution in [0.15, 0.2) is 41.6 Å². The van der Waals surface area contributed by atoms with E-state index >= 15 is 0 Å². The summed E-state index contributed by atoms with van der Waals surface area (Å²) in [4.78, 5) is 5.90. The second-order valence-electron chi connectivity index (χ2n) is 7.90. The van der Waals surface area contributed by atoms with E-state index in [2.05, 4.69) is 4.98 Å². The van der Waals surface area contributed by atoms with Crippen molar-refractivity contribution in [2.75, 3.05) is 32.2 Å². The summed E-state index contributed by atoms with van der Waals surface area (Å²) < 4.78 is 57.4. The van der Waals surface area contributed by atoms with Crippen LogP contribution >= 0.6 is 0 Å². The van der Waals surface area contributed by atoms with E-state index in [1.807, 2.05) is 30.9 Å². The molecule has 1 aliphatic heterocycles. The van der Waals surface area contributed by atoms with Crippen molar-refractivity contribution in [3.8, 4) is 5.75 Å². The number of benzene rings is 1. The van der Waals surface area contributed by atoms with E-state index in [4.69, 9.17) is 4.74 Å². The van der Waals surface area contributed by atoms with Crippen molar-refractivity contribution < 1.29 is 21.6 Å². The lowest BCUT2D eigenvalue weighted by Crippen LogP contribution is -2.45.